The quantitative estimate of drug-likeness (QED) is 0.181. The minimum atomic E-state index is 0.719. The SMILES string of the molecule is c1ccc2c(c#1)c1ccccc1c1cc(-c3nc(-c4cccc(C5=CC=CCC5)c4)cc(-c4cccc(C5=CC=CCC5)c4)n3)ccc21. The Morgan fingerprint density at radius 3 is 1.73 bits per heavy atom. The highest BCUT2D eigenvalue weighted by atomic mass is 14.9. The van der Waals surface area contributed by atoms with Gasteiger partial charge in [0.1, 0.15) is 0 Å². The van der Waals surface area contributed by atoms with Crippen LogP contribution >= 0.6 is 0 Å². The molecule has 7 aromatic rings. The summed E-state index contributed by atoms with van der Waals surface area (Å²) in [5, 5.41) is 7.02. The van der Waals surface area contributed by atoms with E-state index in [0.29, 0.717) is 0 Å². The van der Waals surface area contributed by atoms with Gasteiger partial charge in [0, 0.05) is 22.1 Å². The third kappa shape index (κ3) is 5.11. The van der Waals surface area contributed by atoms with Gasteiger partial charge in [0.2, 0.25) is 0 Å². The molecule has 6 aromatic carbocycles. The summed E-state index contributed by atoms with van der Waals surface area (Å²) in [7, 11) is 0. The third-order valence-corrected chi connectivity index (χ3v) is 9.67. The molecule has 0 saturated heterocycles. The van der Waals surface area contributed by atoms with Crippen LogP contribution in [0.2, 0.25) is 0 Å². The number of aromatic nitrogens is 2. The number of hydrogen-bond donors (Lipinski definition) is 0. The van der Waals surface area contributed by atoms with E-state index in [2.05, 4.69) is 152 Å². The Morgan fingerprint density at radius 1 is 0.479 bits per heavy atom. The van der Waals surface area contributed by atoms with E-state index in [1.165, 1.54) is 49.2 Å². The van der Waals surface area contributed by atoms with E-state index in [4.69, 9.17) is 9.97 Å². The molecule has 2 aliphatic carbocycles. The van der Waals surface area contributed by atoms with Gasteiger partial charge in [0.15, 0.2) is 5.82 Å². The first-order chi connectivity index (χ1) is 23.8. The molecule has 0 radical (unpaired) electrons. The molecule has 0 spiro atoms. The molecule has 2 heteroatoms. The van der Waals surface area contributed by atoms with Gasteiger partial charge in [-0.05, 0) is 111 Å². The van der Waals surface area contributed by atoms with Crippen molar-refractivity contribution in [2.45, 2.75) is 25.7 Å². The van der Waals surface area contributed by atoms with E-state index >= 15 is 0 Å². The smallest absolute Gasteiger partial charge is 0.160 e. The molecule has 0 saturated carbocycles. The summed E-state index contributed by atoms with van der Waals surface area (Å²) in [6.07, 6.45) is 17.5. The van der Waals surface area contributed by atoms with Crippen LogP contribution in [0.15, 0.2) is 146 Å². The lowest BCUT2D eigenvalue weighted by molar-refractivity contribution is 1.05. The highest BCUT2D eigenvalue weighted by Crippen LogP contribution is 2.37. The lowest BCUT2D eigenvalue weighted by Crippen LogP contribution is -1.97. The average molecular weight is 613 g/mol. The predicted molar refractivity (Wildman–Crippen MR) is 201 cm³/mol. The lowest BCUT2D eigenvalue weighted by Gasteiger charge is -2.14. The van der Waals surface area contributed by atoms with Crippen molar-refractivity contribution in [3.05, 3.63) is 169 Å². The van der Waals surface area contributed by atoms with Crippen molar-refractivity contribution in [3.63, 3.8) is 0 Å². The molecule has 0 N–H and O–H groups in total. The van der Waals surface area contributed by atoms with Crippen molar-refractivity contribution in [3.8, 4) is 33.9 Å². The van der Waals surface area contributed by atoms with Crippen LogP contribution in [0.3, 0.4) is 0 Å². The van der Waals surface area contributed by atoms with E-state index in [1.54, 1.807) is 0 Å². The normalized spacial score (nSPS) is 14.2. The van der Waals surface area contributed by atoms with E-state index in [1.807, 2.05) is 6.07 Å². The Balaban J connectivity index is 1.25. The molecule has 1 aromatic heterocycles. The number of rotatable bonds is 5. The van der Waals surface area contributed by atoms with E-state index < -0.39 is 0 Å². The summed E-state index contributed by atoms with van der Waals surface area (Å²) < 4.78 is 0. The summed E-state index contributed by atoms with van der Waals surface area (Å²) in [5.74, 6) is 0.719. The number of benzene rings is 5. The van der Waals surface area contributed by atoms with Gasteiger partial charge in [-0.2, -0.15) is 0 Å². The van der Waals surface area contributed by atoms with Gasteiger partial charge < -0.3 is 0 Å². The van der Waals surface area contributed by atoms with Crippen LogP contribution in [0.1, 0.15) is 36.8 Å². The first kappa shape index (κ1) is 28.2. The fraction of sp³-hybridized carbons (Fsp3) is 0.0870. The van der Waals surface area contributed by atoms with Crippen LogP contribution in [0.5, 0.6) is 0 Å². The minimum Gasteiger partial charge on any atom is -0.228 e. The zero-order valence-corrected chi connectivity index (χ0v) is 26.6. The molecule has 0 unspecified atom stereocenters. The molecule has 1 heterocycles. The first-order valence-corrected chi connectivity index (χ1v) is 16.8. The standard InChI is InChI=1S/C46H32N2/c1-3-13-31(14-4-1)33-17-11-19-35(27-33)44-30-45(36-20-12-18-34(28-36)32-15-5-2-6-16-32)48-46(47-44)37-25-26-42-40-23-8-7-21-38(40)39-22-9-10-24-41(39)43(42)29-37/h1-3,5,8-13,15,17-20,22-30H,4,6,14,16H2. The average Bonchev–Trinajstić information content (AvgIpc) is 3.18. The molecular weight excluding hydrogens is 581 g/mol. The molecule has 0 fully saturated rings. The maximum Gasteiger partial charge on any atom is 0.160 e. The van der Waals surface area contributed by atoms with Gasteiger partial charge in [0.05, 0.1) is 11.4 Å². The van der Waals surface area contributed by atoms with Gasteiger partial charge >= 0.3 is 0 Å². The van der Waals surface area contributed by atoms with Crippen molar-refractivity contribution in [1.29, 1.82) is 0 Å². The van der Waals surface area contributed by atoms with Crippen LogP contribution in [0.4, 0.5) is 0 Å². The molecular formula is C46H32N2. The second-order valence-electron chi connectivity index (χ2n) is 12.6. The van der Waals surface area contributed by atoms with Crippen molar-refractivity contribution in [2.24, 2.45) is 0 Å². The van der Waals surface area contributed by atoms with Crippen LogP contribution in [0, 0.1) is 12.1 Å². The van der Waals surface area contributed by atoms with E-state index in [-0.39, 0.29) is 0 Å². The van der Waals surface area contributed by atoms with Crippen LogP contribution in [-0.2, 0) is 0 Å². The van der Waals surface area contributed by atoms with Crippen molar-refractivity contribution in [2.75, 3.05) is 0 Å². The summed E-state index contributed by atoms with van der Waals surface area (Å²) in [4.78, 5) is 10.5. The zero-order chi connectivity index (χ0) is 31.9. The molecule has 48 heavy (non-hydrogen) atoms. The van der Waals surface area contributed by atoms with E-state index in [0.717, 1.165) is 65.0 Å². The molecule has 2 nitrogen and oxygen atoms in total. The molecule has 0 amide bonds. The first-order valence-electron chi connectivity index (χ1n) is 16.8. The molecule has 0 aliphatic heterocycles. The Hall–Kier alpha value is -6.04. The van der Waals surface area contributed by atoms with Gasteiger partial charge in [-0.15, -0.1) is 0 Å². The second-order valence-corrected chi connectivity index (χ2v) is 12.6. The van der Waals surface area contributed by atoms with E-state index in [9.17, 15) is 0 Å². The fourth-order valence-corrected chi connectivity index (χ4v) is 7.22. The third-order valence-electron chi connectivity index (χ3n) is 9.67. The summed E-state index contributed by atoms with van der Waals surface area (Å²) in [6.45, 7) is 0. The van der Waals surface area contributed by atoms with Gasteiger partial charge in [0.25, 0.3) is 0 Å². The van der Waals surface area contributed by atoms with Crippen LogP contribution < -0.4 is 0 Å². The van der Waals surface area contributed by atoms with Crippen molar-refractivity contribution in [1.82, 2.24) is 9.97 Å². The molecule has 2 aliphatic rings. The Labute approximate surface area is 281 Å². The highest BCUT2D eigenvalue weighted by molar-refractivity contribution is 6.25. The number of allylic oxidation sites excluding steroid dienone is 8. The Bertz CT molecular complexity index is 2380. The number of fused-ring (bicyclic) bond motifs is 6. The summed E-state index contributed by atoms with van der Waals surface area (Å²) in [6, 6.07) is 45.6. The second kappa shape index (κ2) is 12.0. The monoisotopic (exact) mass is 612 g/mol. The number of hydrogen-bond acceptors (Lipinski definition) is 2. The van der Waals surface area contributed by atoms with Gasteiger partial charge in [-0.25, -0.2) is 9.97 Å². The highest BCUT2D eigenvalue weighted by Gasteiger charge is 2.15. The van der Waals surface area contributed by atoms with Gasteiger partial charge in [-0.1, -0.05) is 121 Å². The number of nitrogens with zero attached hydrogens (tertiary/aromatic N) is 2. The molecule has 0 atom stereocenters. The Kier molecular flexibility index (Phi) is 7.03. The molecule has 0 bridgehead atoms. The minimum absolute atomic E-state index is 0.719. The maximum atomic E-state index is 5.27. The topological polar surface area (TPSA) is 25.8 Å². The van der Waals surface area contributed by atoms with Gasteiger partial charge in [-0.3, -0.25) is 0 Å². The fourth-order valence-electron chi connectivity index (χ4n) is 7.22. The zero-order valence-electron chi connectivity index (χ0n) is 26.6. The summed E-state index contributed by atoms with van der Waals surface area (Å²) >= 11 is 0. The van der Waals surface area contributed by atoms with Crippen molar-refractivity contribution >= 4 is 43.5 Å². The maximum absolute atomic E-state index is 5.27. The van der Waals surface area contributed by atoms with Crippen LogP contribution in [-0.4, -0.2) is 9.97 Å². The van der Waals surface area contributed by atoms with Crippen LogP contribution in [0.25, 0.3) is 77.4 Å². The largest absolute Gasteiger partial charge is 0.228 e. The summed E-state index contributed by atoms with van der Waals surface area (Å²) in [5.41, 5.74) is 10.2. The molecule has 226 valence electrons. The lowest BCUT2D eigenvalue weighted by atomic mass is 9.93. The Morgan fingerprint density at radius 2 is 1.08 bits per heavy atom. The molecule has 9 rings (SSSR count). The van der Waals surface area contributed by atoms with Crippen molar-refractivity contribution < 1.29 is 0 Å². The predicted octanol–water partition coefficient (Wildman–Crippen LogP) is 12.0.